The van der Waals surface area contributed by atoms with Crippen LogP contribution in [0.4, 0.5) is 4.79 Å². The predicted octanol–water partition coefficient (Wildman–Crippen LogP) is 5.00. The molecule has 0 bridgehead atoms. The Bertz CT molecular complexity index is 2010. The van der Waals surface area contributed by atoms with Gasteiger partial charge in [-0.15, -0.1) is 0 Å². The summed E-state index contributed by atoms with van der Waals surface area (Å²) < 4.78 is 61.4. The summed E-state index contributed by atoms with van der Waals surface area (Å²) in [6.07, 6.45) is 7.18. The Morgan fingerprint density at radius 1 is 0.830 bits per heavy atom. The molecule has 2 aromatic carbocycles. The van der Waals surface area contributed by atoms with Crippen molar-refractivity contribution in [2.45, 2.75) is 61.1 Å². The van der Waals surface area contributed by atoms with Crippen LogP contribution >= 0.6 is 31.9 Å². The van der Waals surface area contributed by atoms with E-state index in [-0.39, 0.29) is 23.5 Å². The van der Waals surface area contributed by atoms with E-state index >= 15 is 0 Å². The monoisotopic (exact) mass is 810 g/mol. The molecule has 12 nitrogen and oxygen atoms in total. The van der Waals surface area contributed by atoms with Gasteiger partial charge in [-0.05, 0) is 77.6 Å². The molecule has 3 N–H and O–H groups in total. The van der Waals surface area contributed by atoms with Gasteiger partial charge in [0, 0.05) is 93.5 Å². The number of pyridine rings is 2. The molecule has 6 rings (SSSR count). The molecule has 47 heavy (non-hydrogen) atoms. The largest absolute Gasteiger partial charge is 0.444 e. The Labute approximate surface area is 291 Å². The third-order valence-electron chi connectivity index (χ3n) is 7.69. The molecule has 16 heteroatoms. The lowest BCUT2D eigenvalue weighted by atomic mass is 10.2. The highest BCUT2D eigenvalue weighted by Gasteiger charge is 2.35. The number of hydrogen-bond acceptors (Lipinski definition) is 9. The predicted molar refractivity (Wildman–Crippen MR) is 187 cm³/mol. The number of rotatable bonds is 5. The first-order valence-corrected chi connectivity index (χ1v) is 19.3. The lowest BCUT2D eigenvalue weighted by Crippen LogP contribution is -2.41. The van der Waals surface area contributed by atoms with Crippen molar-refractivity contribution in [2.24, 2.45) is 5.73 Å². The molecule has 252 valence electrons. The van der Waals surface area contributed by atoms with Gasteiger partial charge in [-0.2, -0.15) is 8.61 Å². The zero-order valence-corrected chi connectivity index (χ0v) is 30.9. The molecule has 2 saturated heterocycles. The van der Waals surface area contributed by atoms with Crippen LogP contribution in [0.1, 0.15) is 33.6 Å². The van der Waals surface area contributed by atoms with Crippen molar-refractivity contribution in [1.82, 2.24) is 23.9 Å². The fraction of sp³-hybridized carbons (Fsp3) is 0.387. The Kier molecular flexibility index (Phi) is 10.6. The SMILES string of the molecule is CC(C)(C)OC(=O)N[C@@H]1CCN(S(=O)(=O)c2cccc3cncc(Br)c23)C1.N[C@@H]1CCN(S(=O)(=O)c2cccc3cncc(Br)c23)C1. The Hall–Kier alpha value is -2.73. The standard InChI is InChI=1S/C18H22BrN3O4S.C13H14BrN3O2S/c1-18(2,3)26-17(23)21-13-7-8-22(11-13)27(24,25)15-6-4-5-12-9-20-10-14(19)16(12)15;14-11-7-16-6-9-2-1-3-12(13(9)11)20(18,19)17-5-4-10(15)8-17/h4-6,9-10,13H,7-8,11H2,1-3H3,(H,21,23);1-3,6-7,10H,4-5,8,15H2/t13-;10-/m11/s1. The minimum absolute atomic E-state index is 0.0788. The highest BCUT2D eigenvalue weighted by molar-refractivity contribution is 9.11. The van der Waals surface area contributed by atoms with E-state index in [4.69, 9.17) is 10.5 Å². The van der Waals surface area contributed by atoms with Crippen molar-refractivity contribution >= 4 is 79.5 Å². The maximum Gasteiger partial charge on any atom is 0.407 e. The van der Waals surface area contributed by atoms with E-state index in [1.54, 1.807) is 69.8 Å². The summed E-state index contributed by atoms with van der Waals surface area (Å²) in [5.74, 6) is 0. The van der Waals surface area contributed by atoms with E-state index in [1.165, 1.54) is 8.61 Å². The van der Waals surface area contributed by atoms with Gasteiger partial charge in [-0.3, -0.25) is 9.97 Å². The second-order valence-corrected chi connectivity index (χ2v) is 17.9. The maximum absolute atomic E-state index is 13.2. The summed E-state index contributed by atoms with van der Waals surface area (Å²) in [6, 6.07) is 9.98. The molecule has 4 heterocycles. The first kappa shape index (κ1) is 35.6. The van der Waals surface area contributed by atoms with Crippen molar-refractivity contribution in [3.05, 3.63) is 70.1 Å². The van der Waals surface area contributed by atoms with Crippen LogP contribution in [-0.2, 0) is 24.8 Å². The van der Waals surface area contributed by atoms with Crippen LogP contribution in [0.15, 0.2) is 79.9 Å². The lowest BCUT2D eigenvalue weighted by molar-refractivity contribution is 0.0507. The van der Waals surface area contributed by atoms with E-state index < -0.39 is 31.7 Å². The molecule has 0 aliphatic carbocycles. The molecule has 0 saturated carbocycles. The molecule has 4 aromatic rings. The van der Waals surface area contributed by atoms with Gasteiger partial charge in [-0.25, -0.2) is 21.6 Å². The smallest absolute Gasteiger partial charge is 0.407 e. The van der Waals surface area contributed by atoms with Crippen LogP contribution in [0.2, 0.25) is 0 Å². The fourth-order valence-electron chi connectivity index (χ4n) is 5.54. The molecule has 2 aliphatic rings. The Balaban J connectivity index is 0.000000193. The van der Waals surface area contributed by atoms with E-state index in [2.05, 4.69) is 47.1 Å². The topological polar surface area (TPSA) is 165 Å². The van der Waals surface area contributed by atoms with Crippen molar-refractivity contribution < 1.29 is 26.4 Å². The Morgan fingerprint density at radius 3 is 1.79 bits per heavy atom. The number of nitrogens with one attached hydrogen (secondary N) is 1. The number of nitrogens with two attached hydrogens (primary N) is 1. The van der Waals surface area contributed by atoms with Gasteiger partial charge in [-0.1, -0.05) is 24.3 Å². The number of carbonyl (C=O) groups excluding carboxylic acids is 1. The van der Waals surface area contributed by atoms with E-state index in [9.17, 15) is 21.6 Å². The molecular weight excluding hydrogens is 776 g/mol. The van der Waals surface area contributed by atoms with Crippen molar-refractivity contribution in [3.8, 4) is 0 Å². The number of nitrogens with zero attached hydrogens (tertiary/aromatic N) is 4. The lowest BCUT2D eigenvalue weighted by Gasteiger charge is -2.22. The van der Waals surface area contributed by atoms with Gasteiger partial charge in [0.05, 0.1) is 9.79 Å². The molecule has 2 aromatic heterocycles. The Morgan fingerprint density at radius 2 is 1.32 bits per heavy atom. The van der Waals surface area contributed by atoms with Crippen molar-refractivity contribution in [1.29, 1.82) is 0 Å². The van der Waals surface area contributed by atoms with Crippen molar-refractivity contribution in [2.75, 3.05) is 26.2 Å². The molecule has 0 spiro atoms. The second kappa shape index (κ2) is 14.0. The fourth-order valence-corrected chi connectivity index (χ4v) is 10.4. The molecule has 2 atom stereocenters. The van der Waals surface area contributed by atoms with E-state index in [0.717, 1.165) is 10.8 Å². The molecule has 2 fully saturated rings. The summed E-state index contributed by atoms with van der Waals surface area (Å²) in [7, 11) is -7.23. The first-order chi connectivity index (χ1) is 22.1. The zero-order valence-electron chi connectivity index (χ0n) is 26.1. The highest BCUT2D eigenvalue weighted by Crippen LogP contribution is 2.33. The average Bonchev–Trinajstić information content (AvgIpc) is 3.66. The first-order valence-electron chi connectivity index (χ1n) is 14.9. The summed E-state index contributed by atoms with van der Waals surface area (Å²) in [5, 5.41) is 5.57. The van der Waals surface area contributed by atoms with Crippen molar-refractivity contribution in [3.63, 3.8) is 0 Å². The number of hydrogen-bond donors (Lipinski definition) is 2. The number of aromatic nitrogens is 2. The number of alkyl carbamates (subject to hydrolysis) is 1. The van der Waals surface area contributed by atoms with Crippen LogP contribution < -0.4 is 11.1 Å². The van der Waals surface area contributed by atoms with E-state index in [1.807, 2.05) is 12.1 Å². The van der Waals surface area contributed by atoms with Crippen LogP contribution in [0.3, 0.4) is 0 Å². The van der Waals surface area contributed by atoms with Crippen LogP contribution in [0.25, 0.3) is 21.5 Å². The number of ether oxygens (including phenoxy) is 1. The minimum Gasteiger partial charge on any atom is -0.444 e. The van der Waals surface area contributed by atoms with Gasteiger partial charge in [0.2, 0.25) is 20.0 Å². The number of sulfonamides is 2. The number of benzene rings is 2. The third kappa shape index (κ3) is 7.95. The zero-order chi connectivity index (χ0) is 34.1. The maximum atomic E-state index is 13.2. The quantitative estimate of drug-likeness (QED) is 0.282. The van der Waals surface area contributed by atoms with Gasteiger partial charge >= 0.3 is 6.09 Å². The summed E-state index contributed by atoms with van der Waals surface area (Å²) in [6.45, 7) is 6.74. The number of amides is 1. The highest BCUT2D eigenvalue weighted by atomic mass is 79.9. The van der Waals surface area contributed by atoms with Gasteiger partial charge in [0.1, 0.15) is 5.60 Å². The van der Waals surface area contributed by atoms with E-state index in [0.29, 0.717) is 57.1 Å². The molecule has 1 amide bonds. The normalized spacial score (nSPS) is 19.4. The van der Waals surface area contributed by atoms with Gasteiger partial charge in [0.15, 0.2) is 0 Å². The summed E-state index contributed by atoms with van der Waals surface area (Å²) in [4.78, 5) is 20.6. The summed E-state index contributed by atoms with van der Waals surface area (Å²) in [5.41, 5.74) is 5.22. The van der Waals surface area contributed by atoms with Gasteiger partial charge in [0.25, 0.3) is 0 Å². The summed E-state index contributed by atoms with van der Waals surface area (Å²) >= 11 is 6.79. The number of halogens is 2. The molecular formula is C31H36Br2N6O6S2. The van der Waals surface area contributed by atoms with Crippen LogP contribution in [-0.4, -0.2) is 85.4 Å². The molecule has 2 aliphatic heterocycles. The second-order valence-electron chi connectivity index (χ2n) is 12.4. The minimum atomic E-state index is -3.71. The molecule has 0 unspecified atom stereocenters. The number of carbonyl (C=O) groups is 1. The number of fused-ring (bicyclic) bond motifs is 2. The average molecular weight is 813 g/mol. The van der Waals surface area contributed by atoms with Crippen LogP contribution in [0.5, 0.6) is 0 Å². The van der Waals surface area contributed by atoms with Crippen LogP contribution in [0, 0.1) is 0 Å². The third-order valence-corrected chi connectivity index (χ3v) is 12.7. The molecule has 0 radical (unpaired) electrons. The van der Waals surface area contributed by atoms with Gasteiger partial charge < -0.3 is 15.8 Å².